The largest absolute Gasteiger partial charge is 0.475 e. The van der Waals surface area contributed by atoms with E-state index < -0.39 is 37.2 Å². The van der Waals surface area contributed by atoms with Gasteiger partial charge in [-0.15, -0.1) is 0 Å². The third kappa shape index (κ3) is 5.77. The van der Waals surface area contributed by atoms with E-state index in [0.29, 0.717) is 0 Å². The maximum atomic E-state index is 14.0. The van der Waals surface area contributed by atoms with E-state index in [4.69, 9.17) is 0 Å². The average Bonchev–Trinajstić information content (AvgIpc) is 2.66. The molecule has 2 rings (SSSR count). The van der Waals surface area contributed by atoms with Crippen molar-refractivity contribution < 1.29 is 24.0 Å². The fraction of sp³-hybridized carbons (Fsp3) is 0.158. The van der Waals surface area contributed by atoms with Crippen molar-refractivity contribution in [2.24, 2.45) is 0 Å². The molecule has 0 saturated heterocycles. The molecular weight excluding hydrogens is 350 g/mol. The van der Waals surface area contributed by atoms with Crippen LogP contribution in [0.2, 0.25) is 0 Å². The van der Waals surface area contributed by atoms with Gasteiger partial charge in [0.2, 0.25) is 5.91 Å². The number of benzene rings is 2. The normalized spacial score (nSPS) is 11.4. The van der Waals surface area contributed by atoms with Crippen LogP contribution in [0.15, 0.2) is 67.3 Å². The van der Waals surface area contributed by atoms with Crippen LogP contribution in [0.4, 0.5) is 10.1 Å². The van der Waals surface area contributed by atoms with Gasteiger partial charge in [0.1, 0.15) is 12.4 Å². The van der Waals surface area contributed by atoms with Gasteiger partial charge in [-0.05, 0) is 30.2 Å². The second-order valence-corrected chi connectivity index (χ2v) is 5.86. The maximum absolute atomic E-state index is 14.0. The van der Waals surface area contributed by atoms with E-state index >= 15 is 0 Å². The third-order valence-electron chi connectivity index (χ3n) is 3.89. The van der Waals surface area contributed by atoms with Gasteiger partial charge in [0.25, 0.3) is 5.91 Å². The molecule has 0 fully saturated rings. The SMILES string of the molecule is C=CC(=O)N(CC(=O)NC(Cc1ccccc1)B(O)O)c1ccccc1F. The van der Waals surface area contributed by atoms with Crippen LogP contribution in [-0.2, 0) is 16.0 Å². The van der Waals surface area contributed by atoms with E-state index in [1.54, 1.807) is 24.3 Å². The number of carbonyl (C=O) groups excluding carboxylic acids is 2. The lowest BCUT2D eigenvalue weighted by atomic mass is 9.76. The van der Waals surface area contributed by atoms with Crippen molar-refractivity contribution in [3.63, 3.8) is 0 Å². The molecule has 2 amide bonds. The molecule has 0 bridgehead atoms. The second kappa shape index (κ2) is 9.66. The van der Waals surface area contributed by atoms with Crippen LogP contribution >= 0.6 is 0 Å². The quantitative estimate of drug-likeness (QED) is 0.479. The molecule has 2 aromatic carbocycles. The molecule has 27 heavy (non-hydrogen) atoms. The molecule has 8 heteroatoms. The molecule has 140 valence electrons. The number of halogens is 1. The molecule has 1 unspecified atom stereocenters. The molecular formula is C19H20BFN2O4. The molecule has 0 aromatic heterocycles. The number of anilines is 1. The Morgan fingerprint density at radius 1 is 1.15 bits per heavy atom. The lowest BCUT2D eigenvalue weighted by Crippen LogP contribution is -2.51. The smallest absolute Gasteiger partial charge is 0.426 e. The summed E-state index contributed by atoms with van der Waals surface area (Å²) >= 11 is 0. The minimum absolute atomic E-state index is 0.0679. The summed E-state index contributed by atoms with van der Waals surface area (Å²) in [4.78, 5) is 25.4. The van der Waals surface area contributed by atoms with Gasteiger partial charge in [-0.3, -0.25) is 14.5 Å². The van der Waals surface area contributed by atoms with Gasteiger partial charge in [0.15, 0.2) is 0 Å². The van der Waals surface area contributed by atoms with Crippen LogP contribution in [0.1, 0.15) is 5.56 Å². The van der Waals surface area contributed by atoms with Gasteiger partial charge < -0.3 is 15.4 Å². The Hall–Kier alpha value is -2.97. The summed E-state index contributed by atoms with van der Waals surface area (Å²) in [5.41, 5.74) is 0.728. The van der Waals surface area contributed by atoms with Crippen LogP contribution in [0.5, 0.6) is 0 Å². The van der Waals surface area contributed by atoms with Crippen molar-refractivity contribution in [1.29, 1.82) is 0 Å². The fourth-order valence-electron chi connectivity index (χ4n) is 2.56. The lowest BCUT2D eigenvalue weighted by Gasteiger charge is -2.23. The Balaban J connectivity index is 2.12. The van der Waals surface area contributed by atoms with Crippen molar-refractivity contribution in [3.8, 4) is 0 Å². The topological polar surface area (TPSA) is 89.9 Å². The van der Waals surface area contributed by atoms with Gasteiger partial charge in [-0.25, -0.2) is 4.39 Å². The van der Waals surface area contributed by atoms with Crippen molar-refractivity contribution in [2.45, 2.75) is 12.4 Å². The predicted molar refractivity (Wildman–Crippen MR) is 101 cm³/mol. The fourth-order valence-corrected chi connectivity index (χ4v) is 2.56. The number of nitrogens with one attached hydrogen (secondary N) is 1. The summed E-state index contributed by atoms with van der Waals surface area (Å²) in [5.74, 6) is -2.97. The van der Waals surface area contributed by atoms with Crippen LogP contribution in [-0.4, -0.2) is 41.5 Å². The van der Waals surface area contributed by atoms with Gasteiger partial charge >= 0.3 is 7.12 Å². The first-order chi connectivity index (χ1) is 12.9. The molecule has 0 spiro atoms. The summed E-state index contributed by atoms with van der Waals surface area (Å²) in [6.07, 6.45) is 1.15. The maximum Gasteiger partial charge on any atom is 0.475 e. The molecule has 0 heterocycles. The van der Waals surface area contributed by atoms with Gasteiger partial charge in [-0.1, -0.05) is 49.0 Å². The number of hydrogen-bond acceptors (Lipinski definition) is 4. The first-order valence-corrected chi connectivity index (χ1v) is 8.30. The Morgan fingerprint density at radius 2 is 1.78 bits per heavy atom. The molecule has 0 aliphatic carbocycles. The summed E-state index contributed by atoms with van der Waals surface area (Å²) in [6.45, 7) is 2.87. The molecule has 0 aliphatic heterocycles. The minimum atomic E-state index is -1.80. The second-order valence-electron chi connectivity index (χ2n) is 5.86. The molecule has 6 nitrogen and oxygen atoms in total. The Morgan fingerprint density at radius 3 is 2.37 bits per heavy atom. The number of hydrogen-bond donors (Lipinski definition) is 3. The number of para-hydroxylation sites is 1. The molecule has 1 atom stereocenters. The van der Waals surface area contributed by atoms with Crippen LogP contribution in [0, 0.1) is 5.82 Å². The van der Waals surface area contributed by atoms with E-state index in [2.05, 4.69) is 11.9 Å². The zero-order valence-corrected chi connectivity index (χ0v) is 14.6. The summed E-state index contributed by atoms with van der Waals surface area (Å²) in [5, 5.41) is 21.6. The summed E-state index contributed by atoms with van der Waals surface area (Å²) < 4.78 is 14.0. The van der Waals surface area contributed by atoms with Crippen molar-refractivity contribution in [2.75, 3.05) is 11.4 Å². The van der Waals surface area contributed by atoms with Gasteiger partial charge in [-0.2, -0.15) is 0 Å². The zero-order valence-electron chi connectivity index (χ0n) is 14.6. The van der Waals surface area contributed by atoms with Crippen molar-refractivity contribution >= 4 is 24.6 Å². The van der Waals surface area contributed by atoms with Crippen molar-refractivity contribution in [1.82, 2.24) is 5.32 Å². The van der Waals surface area contributed by atoms with E-state index in [1.807, 2.05) is 6.07 Å². The monoisotopic (exact) mass is 370 g/mol. The van der Waals surface area contributed by atoms with E-state index in [-0.39, 0.29) is 12.1 Å². The van der Waals surface area contributed by atoms with E-state index in [0.717, 1.165) is 16.5 Å². The van der Waals surface area contributed by atoms with Crippen molar-refractivity contribution in [3.05, 3.63) is 78.6 Å². The van der Waals surface area contributed by atoms with Gasteiger partial charge in [0.05, 0.1) is 11.6 Å². The average molecular weight is 370 g/mol. The summed E-state index contributed by atoms with van der Waals surface area (Å²) in [7, 11) is -1.80. The molecule has 0 aliphatic rings. The van der Waals surface area contributed by atoms with E-state index in [1.165, 1.54) is 24.3 Å². The number of carbonyl (C=O) groups is 2. The number of nitrogens with zero attached hydrogens (tertiary/aromatic N) is 1. The van der Waals surface area contributed by atoms with Gasteiger partial charge in [0, 0.05) is 0 Å². The molecule has 2 aromatic rings. The Labute approximate surface area is 157 Å². The van der Waals surface area contributed by atoms with E-state index in [9.17, 15) is 24.0 Å². The number of amides is 2. The first-order valence-electron chi connectivity index (χ1n) is 8.30. The third-order valence-corrected chi connectivity index (χ3v) is 3.89. The highest BCUT2D eigenvalue weighted by Gasteiger charge is 2.27. The molecule has 3 N–H and O–H groups in total. The Bertz CT molecular complexity index is 801. The van der Waals surface area contributed by atoms with Crippen LogP contribution in [0.3, 0.4) is 0 Å². The highest BCUT2D eigenvalue weighted by atomic mass is 19.1. The Kier molecular flexibility index (Phi) is 7.28. The lowest BCUT2D eigenvalue weighted by molar-refractivity contribution is -0.122. The van der Waals surface area contributed by atoms with Crippen LogP contribution in [0.25, 0.3) is 0 Å². The zero-order chi connectivity index (χ0) is 19.8. The molecule has 0 radical (unpaired) electrons. The highest BCUT2D eigenvalue weighted by Crippen LogP contribution is 2.19. The first kappa shape index (κ1) is 20.3. The predicted octanol–water partition coefficient (Wildman–Crippen LogP) is 1.08. The highest BCUT2D eigenvalue weighted by molar-refractivity contribution is 6.43. The molecule has 0 saturated carbocycles. The summed E-state index contributed by atoms with van der Waals surface area (Å²) in [6, 6.07) is 14.5. The van der Waals surface area contributed by atoms with Crippen LogP contribution < -0.4 is 10.2 Å². The number of rotatable bonds is 8. The standard InChI is InChI=1S/C19H20BFN2O4/c1-2-19(25)23(16-11-7-6-10-15(16)21)13-18(24)22-17(20(26)27)12-14-8-4-3-5-9-14/h2-11,17,26-27H,1,12-13H2,(H,22,24). The minimum Gasteiger partial charge on any atom is -0.426 e.